The van der Waals surface area contributed by atoms with Gasteiger partial charge in [0, 0.05) is 5.41 Å². The van der Waals surface area contributed by atoms with E-state index in [1.807, 2.05) is 45.0 Å². The molecule has 0 saturated carbocycles. The molecule has 0 bridgehead atoms. The van der Waals surface area contributed by atoms with Gasteiger partial charge in [-0.25, -0.2) is 0 Å². The predicted molar refractivity (Wildman–Crippen MR) is 111 cm³/mol. The minimum Gasteiger partial charge on any atom is -0.441 e. The van der Waals surface area contributed by atoms with E-state index in [0.717, 1.165) is 0 Å². The van der Waals surface area contributed by atoms with Crippen molar-refractivity contribution in [2.45, 2.75) is 78.3 Å². The average Bonchev–Trinajstić information content (AvgIpc) is 2.53. The number of aliphatic hydroxyl groups is 1. The maximum Gasteiger partial charge on any atom is 0.313 e. The molecular formula is C24H34O3. The van der Waals surface area contributed by atoms with Crippen LogP contribution in [0.3, 0.4) is 0 Å². The molecule has 0 aromatic heterocycles. The zero-order valence-electron chi connectivity index (χ0n) is 18.0. The molecule has 0 amide bonds. The van der Waals surface area contributed by atoms with Gasteiger partial charge in [-0.2, -0.15) is 0 Å². The highest BCUT2D eigenvalue weighted by Gasteiger charge is 2.24. The van der Waals surface area contributed by atoms with Crippen LogP contribution in [0.15, 0.2) is 48.5 Å². The lowest BCUT2D eigenvalue weighted by atomic mass is 9.77. The molecule has 3 nitrogen and oxygen atoms in total. The summed E-state index contributed by atoms with van der Waals surface area (Å²) >= 11 is 0. The second kappa shape index (κ2) is 7.65. The second-order valence-electron chi connectivity index (χ2n) is 9.63. The first-order valence-electron chi connectivity index (χ1n) is 9.53. The molecule has 1 unspecified atom stereocenters. The fraction of sp³-hybridized carbons (Fsp3) is 0.500. The molecule has 0 saturated heterocycles. The van der Waals surface area contributed by atoms with Crippen molar-refractivity contribution in [3.05, 3.63) is 65.2 Å². The number of aliphatic hydroxyl groups excluding tert-OH is 1. The maximum atomic E-state index is 9.89. The summed E-state index contributed by atoms with van der Waals surface area (Å²) < 4.78 is 10.8. The standard InChI is InChI=1S/C24H34O3/c1-22(2,3)17-9-11-18(12-10-17)24(7,8)19-13-15-20(16-14-19)26-21(25)27-23(4,5)6/h9-16,21,25H,1-8H3. The molecule has 0 fully saturated rings. The van der Waals surface area contributed by atoms with Crippen LogP contribution in [0.1, 0.15) is 72.1 Å². The Morgan fingerprint density at radius 2 is 1.07 bits per heavy atom. The number of hydrogen-bond donors (Lipinski definition) is 1. The fourth-order valence-corrected chi connectivity index (χ4v) is 2.95. The Hall–Kier alpha value is -1.84. The van der Waals surface area contributed by atoms with Gasteiger partial charge in [0.05, 0.1) is 5.60 Å². The summed E-state index contributed by atoms with van der Waals surface area (Å²) in [5, 5.41) is 9.89. The number of rotatable bonds is 5. The van der Waals surface area contributed by atoms with Crippen molar-refractivity contribution in [3.8, 4) is 5.75 Å². The molecule has 1 N–H and O–H groups in total. The van der Waals surface area contributed by atoms with Crippen molar-refractivity contribution >= 4 is 0 Å². The van der Waals surface area contributed by atoms with Gasteiger partial charge in [-0.1, -0.05) is 71.0 Å². The molecule has 0 spiro atoms. The summed E-state index contributed by atoms with van der Waals surface area (Å²) in [6.07, 6.45) is 0. The van der Waals surface area contributed by atoms with Crippen LogP contribution < -0.4 is 4.74 Å². The molecule has 1 atom stereocenters. The van der Waals surface area contributed by atoms with E-state index in [0.29, 0.717) is 5.75 Å². The van der Waals surface area contributed by atoms with Crippen LogP contribution in [0.25, 0.3) is 0 Å². The van der Waals surface area contributed by atoms with Gasteiger partial charge in [-0.3, -0.25) is 0 Å². The molecule has 27 heavy (non-hydrogen) atoms. The molecule has 2 aromatic carbocycles. The smallest absolute Gasteiger partial charge is 0.313 e. The highest BCUT2D eigenvalue weighted by Crippen LogP contribution is 2.34. The molecule has 2 rings (SSSR count). The summed E-state index contributed by atoms with van der Waals surface area (Å²) in [6, 6.07) is 16.7. The van der Waals surface area contributed by atoms with Gasteiger partial charge in [0.25, 0.3) is 0 Å². The van der Waals surface area contributed by atoms with Crippen LogP contribution in [-0.4, -0.2) is 17.2 Å². The predicted octanol–water partition coefficient (Wildman–Crippen LogP) is 5.78. The SMILES string of the molecule is CC(C)(C)OC(O)Oc1ccc(C(C)(C)c2ccc(C(C)(C)C)cc2)cc1. The Morgan fingerprint density at radius 3 is 1.48 bits per heavy atom. The van der Waals surface area contributed by atoms with E-state index in [9.17, 15) is 5.11 Å². The largest absolute Gasteiger partial charge is 0.441 e. The van der Waals surface area contributed by atoms with Gasteiger partial charge in [-0.05, 0) is 55.0 Å². The third kappa shape index (κ3) is 5.82. The Labute approximate surface area is 164 Å². The van der Waals surface area contributed by atoms with Crippen molar-refractivity contribution < 1.29 is 14.6 Å². The van der Waals surface area contributed by atoms with Crippen molar-refractivity contribution in [1.82, 2.24) is 0 Å². The van der Waals surface area contributed by atoms with Crippen LogP contribution in [0.5, 0.6) is 5.75 Å². The molecular weight excluding hydrogens is 336 g/mol. The molecule has 0 radical (unpaired) electrons. The topological polar surface area (TPSA) is 38.7 Å². The molecule has 0 aliphatic heterocycles. The summed E-state index contributed by atoms with van der Waals surface area (Å²) in [5.41, 5.74) is 3.33. The van der Waals surface area contributed by atoms with Crippen LogP contribution in [0.4, 0.5) is 0 Å². The first-order valence-corrected chi connectivity index (χ1v) is 9.53. The van der Waals surface area contributed by atoms with Crippen molar-refractivity contribution in [1.29, 1.82) is 0 Å². The van der Waals surface area contributed by atoms with Gasteiger partial charge in [0.15, 0.2) is 0 Å². The molecule has 0 aliphatic rings. The van der Waals surface area contributed by atoms with Gasteiger partial charge < -0.3 is 14.6 Å². The normalized spacial score (nSPS) is 14.1. The van der Waals surface area contributed by atoms with Crippen LogP contribution >= 0.6 is 0 Å². The molecule has 0 aliphatic carbocycles. The first kappa shape index (κ1) is 21.5. The first-order chi connectivity index (χ1) is 12.3. The van der Waals surface area contributed by atoms with Crippen LogP contribution in [0.2, 0.25) is 0 Å². The van der Waals surface area contributed by atoms with Crippen LogP contribution in [-0.2, 0) is 15.6 Å². The van der Waals surface area contributed by atoms with E-state index in [1.165, 1.54) is 16.7 Å². The third-order valence-electron chi connectivity index (χ3n) is 4.74. The van der Waals surface area contributed by atoms with Crippen molar-refractivity contribution in [2.75, 3.05) is 0 Å². The fourth-order valence-electron chi connectivity index (χ4n) is 2.95. The van der Waals surface area contributed by atoms with E-state index >= 15 is 0 Å². The highest BCUT2D eigenvalue weighted by atomic mass is 16.8. The van der Waals surface area contributed by atoms with E-state index < -0.39 is 12.1 Å². The summed E-state index contributed by atoms with van der Waals surface area (Å²) in [4.78, 5) is 0. The highest BCUT2D eigenvalue weighted by molar-refractivity contribution is 5.41. The lowest BCUT2D eigenvalue weighted by Crippen LogP contribution is -2.31. The number of hydrogen-bond acceptors (Lipinski definition) is 3. The zero-order chi connectivity index (χ0) is 20.5. The Kier molecular flexibility index (Phi) is 6.08. The van der Waals surface area contributed by atoms with Gasteiger partial charge >= 0.3 is 6.48 Å². The summed E-state index contributed by atoms with van der Waals surface area (Å²) in [6.45, 7) is 15.4. The minimum absolute atomic E-state index is 0.129. The molecule has 3 heteroatoms. The van der Waals surface area contributed by atoms with Crippen molar-refractivity contribution in [2.24, 2.45) is 0 Å². The number of ether oxygens (including phenoxy) is 2. The van der Waals surface area contributed by atoms with E-state index in [1.54, 1.807) is 0 Å². The Bertz CT molecular complexity index is 729. The van der Waals surface area contributed by atoms with E-state index in [2.05, 4.69) is 58.9 Å². The average molecular weight is 371 g/mol. The second-order valence-corrected chi connectivity index (χ2v) is 9.63. The third-order valence-corrected chi connectivity index (χ3v) is 4.74. The summed E-state index contributed by atoms with van der Waals surface area (Å²) in [5.74, 6) is 0.578. The van der Waals surface area contributed by atoms with E-state index in [-0.39, 0.29) is 10.8 Å². The van der Waals surface area contributed by atoms with Crippen LogP contribution in [0, 0.1) is 0 Å². The van der Waals surface area contributed by atoms with E-state index in [4.69, 9.17) is 9.47 Å². The zero-order valence-corrected chi connectivity index (χ0v) is 18.0. The maximum absolute atomic E-state index is 9.89. The molecule has 148 valence electrons. The molecule has 0 heterocycles. The lowest BCUT2D eigenvalue weighted by Gasteiger charge is -2.28. The minimum atomic E-state index is -1.28. The monoisotopic (exact) mass is 370 g/mol. The molecule has 2 aromatic rings. The van der Waals surface area contributed by atoms with Crippen molar-refractivity contribution in [3.63, 3.8) is 0 Å². The van der Waals surface area contributed by atoms with Gasteiger partial charge in [0.1, 0.15) is 5.75 Å². The quantitative estimate of drug-likeness (QED) is 0.678. The number of benzene rings is 2. The van der Waals surface area contributed by atoms with Gasteiger partial charge in [-0.15, -0.1) is 0 Å². The van der Waals surface area contributed by atoms with Gasteiger partial charge in [0.2, 0.25) is 0 Å². The Balaban J connectivity index is 2.15. The lowest BCUT2D eigenvalue weighted by molar-refractivity contribution is -0.259. The Morgan fingerprint density at radius 1 is 0.667 bits per heavy atom. The summed E-state index contributed by atoms with van der Waals surface area (Å²) in [7, 11) is 0.